The third-order valence-corrected chi connectivity index (χ3v) is 2.00. The van der Waals surface area contributed by atoms with Crippen LogP contribution in [-0.4, -0.2) is 24.0 Å². The highest BCUT2D eigenvalue weighted by Crippen LogP contribution is 2.07. The molecule has 0 aromatic heterocycles. The van der Waals surface area contributed by atoms with Crippen LogP contribution in [-0.2, 0) is 9.53 Å². The predicted octanol–water partition coefficient (Wildman–Crippen LogP) is 1.34. The largest absolute Gasteiger partial charge is 0.452 e. The molecule has 1 aromatic carbocycles. The van der Waals surface area contributed by atoms with E-state index in [1.165, 1.54) is 0 Å². The summed E-state index contributed by atoms with van der Waals surface area (Å²) in [6.07, 6.45) is 0. The normalized spacial score (nSPS) is 10.8. The van der Waals surface area contributed by atoms with E-state index < -0.39 is 5.97 Å². The number of esters is 1. The van der Waals surface area contributed by atoms with Crippen molar-refractivity contribution in [1.82, 2.24) is 5.32 Å². The number of nitrogens with two attached hydrogens (primary N) is 1. The van der Waals surface area contributed by atoms with E-state index in [1.807, 2.05) is 20.8 Å². The highest BCUT2D eigenvalue weighted by Gasteiger charge is 2.15. The summed E-state index contributed by atoms with van der Waals surface area (Å²) < 4.78 is 4.88. The van der Waals surface area contributed by atoms with Crippen LogP contribution in [0, 0.1) is 0 Å². The minimum absolute atomic E-state index is 0.291. The molecule has 5 heteroatoms. The molecule has 0 radical (unpaired) electrons. The fourth-order valence-corrected chi connectivity index (χ4v) is 1.29. The van der Waals surface area contributed by atoms with Gasteiger partial charge in [0.2, 0.25) is 0 Å². The number of benzene rings is 1. The van der Waals surface area contributed by atoms with Gasteiger partial charge < -0.3 is 15.8 Å². The lowest BCUT2D eigenvalue weighted by atomic mass is 10.1. The predicted molar refractivity (Wildman–Crippen MR) is 69.0 cm³/mol. The third kappa shape index (κ3) is 4.86. The molecular weight excluding hydrogens is 232 g/mol. The van der Waals surface area contributed by atoms with Crippen molar-refractivity contribution in [3.63, 3.8) is 0 Å². The van der Waals surface area contributed by atoms with E-state index in [1.54, 1.807) is 24.3 Å². The summed E-state index contributed by atoms with van der Waals surface area (Å²) in [5.41, 5.74) is 6.09. The molecule has 3 N–H and O–H groups in total. The van der Waals surface area contributed by atoms with Gasteiger partial charge >= 0.3 is 5.97 Å². The Hall–Kier alpha value is -2.04. The van der Waals surface area contributed by atoms with Crippen molar-refractivity contribution in [3.8, 4) is 0 Å². The van der Waals surface area contributed by atoms with Crippen molar-refractivity contribution in [1.29, 1.82) is 0 Å². The van der Waals surface area contributed by atoms with Gasteiger partial charge in [-0.1, -0.05) is 0 Å². The lowest BCUT2D eigenvalue weighted by Gasteiger charge is -2.20. The molecule has 0 heterocycles. The minimum Gasteiger partial charge on any atom is -0.452 e. The summed E-state index contributed by atoms with van der Waals surface area (Å²) >= 11 is 0. The Bertz CT molecular complexity index is 433. The van der Waals surface area contributed by atoms with Crippen LogP contribution in [0.2, 0.25) is 0 Å². The van der Waals surface area contributed by atoms with Crippen LogP contribution in [0.5, 0.6) is 0 Å². The lowest BCUT2D eigenvalue weighted by molar-refractivity contribution is -0.125. The maximum atomic E-state index is 11.6. The quantitative estimate of drug-likeness (QED) is 0.626. The van der Waals surface area contributed by atoms with Gasteiger partial charge in [0.05, 0.1) is 5.56 Å². The number of amides is 1. The van der Waals surface area contributed by atoms with Gasteiger partial charge in [0.1, 0.15) is 0 Å². The summed E-state index contributed by atoms with van der Waals surface area (Å²) in [6, 6.07) is 6.32. The summed E-state index contributed by atoms with van der Waals surface area (Å²) in [6.45, 7) is 5.27. The zero-order chi connectivity index (χ0) is 13.8. The van der Waals surface area contributed by atoms with E-state index in [9.17, 15) is 9.59 Å². The van der Waals surface area contributed by atoms with Crippen molar-refractivity contribution >= 4 is 17.6 Å². The molecule has 5 nitrogen and oxygen atoms in total. The number of anilines is 1. The number of nitrogens with one attached hydrogen (secondary N) is 1. The Kier molecular flexibility index (Phi) is 4.31. The molecule has 0 spiro atoms. The summed E-state index contributed by atoms with van der Waals surface area (Å²) in [5, 5.41) is 2.70. The molecule has 0 saturated carbocycles. The van der Waals surface area contributed by atoms with E-state index in [0.717, 1.165) is 0 Å². The second-order valence-electron chi connectivity index (χ2n) is 5.00. The van der Waals surface area contributed by atoms with E-state index in [2.05, 4.69) is 5.32 Å². The average molecular weight is 250 g/mol. The average Bonchev–Trinajstić information content (AvgIpc) is 2.24. The van der Waals surface area contributed by atoms with E-state index in [-0.39, 0.29) is 18.1 Å². The van der Waals surface area contributed by atoms with Crippen molar-refractivity contribution < 1.29 is 14.3 Å². The monoisotopic (exact) mass is 250 g/mol. The Labute approximate surface area is 106 Å². The Morgan fingerprint density at radius 1 is 1.22 bits per heavy atom. The molecule has 18 heavy (non-hydrogen) atoms. The lowest BCUT2D eigenvalue weighted by Crippen LogP contribution is -2.42. The Morgan fingerprint density at radius 2 is 1.78 bits per heavy atom. The zero-order valence-electron chi connectivity index (χ0n) is 10.8. The molecule has 0 bridgehead atoms. The Balaban J connectivity index is 2.47. The first-order chi connectivity index (χ1) is 8.28. The van der Waals surface area contributed by atoms with Crippen LogP contribution in [0.3, 0.4) is 0 Å². The number of carbonyl (C=O) groups excluding carboxylic acids is 2. The number of carbonyl (C=O) groups is 2. The molecule has 98 valence electrons. The number of rotatable bonds is 3. The van der Waals surface area contributed by atoms with Crippen molar-refractivity contribution in [2.45, 2.75) is 26.3 Å². The van der Waals surface area contributed by atoms with Crippen LogP contribution in [0.15, 0.2) is 24.3 Å². The summed E-state index contributed by atoms with van der Waals surface area (Å²) in [4.78, 5) is 23.0. The van der Waals surface area contributed by atoms with Gasteiger partial charge in [-0.25, -0.2) is 4.79 Å². The van der Waals surface area contributed by atoms with Gasteiger partial charge in [-0.2, -0.15) is 0 Å². The number of hydrogen-bond donors (Lipinski definition) is 2. The molecule has 1 amide bonds. The van der Waals surface area contributed by atoms with Crippen LogP contribution < -0.4 is 11.1 Å². The smallest absolute Gasteiger partial charge is 0.338 e. The topological polar surface area (TPSA) is 81.4 Å². The van der Waals surface area contributed by atoms with Crippen molar-refractivity contribution in [2.75, 3.05) is 12.3 Å². The molecule has 1 aromatic rings. The van der Waals surface area contributed by atoms with Crippen molar-refractivity contribution in [2.24, 2.45) is 0 Å². The molecule has 0 atom stereocenters. The highest BCUT2D eigenvalue weighted by atomic mass is 16.5. The zero-order valence-corrected chi connectivity index (χ0v) is 10.8. The van der Waals surface area contributed by atoms with E-state index >= 15 is 0 Å². The van der Waals surface area contributed by atoms with Gasteiger partial charge in [-0.15, -0.1) is 0 Å². The van der Waals surface area contributed by atoms with Crippen molar-refractivity contribution in [3.05, 3.63) is 29.8 Å². The number of nitrogen functional groups attached to an aromatic ring is 1. The van der Waals surface area contributed by atoms with Gasteiger partial charge in [-0.3, -0.25) is 4.79 Å². The van der Waals surface area contributed by atoms with Crippen LogP contribution >= 0.6 is 0 Å². The summed E-state index contributed by atoms with van der Waals surface area (Å²) in [7, 11) is 0. The molecule has 0 aliphatic rings. The van der Waals surface area contributed by atoms with E-state index in [0.29, 0.717) is 11.3 Å². The highest BCUT2D eigenvalue weighted by molar-refractivity contribution is 5.91. The van der Waals surface area contributed by atoms with Gasteiger partial charge in [0.25, 0.3) is 5.91 Å². The van der Waals surface area contributed by atoms with Gasteiger partial charge in [0, 0.05) is 11.2 Å². The van der Waals surface area contributed by atoms with E-state index in [4.69, 9.17) is 10.5 Å². The fourth-order valence-electron chi connectivity index (χ4n) is 1.29. The number of hydrogen-bond acceptors (Lipinski definition) is 4. The SMILES string of the molecule is CC(C)(C)NC(=O)COC(=O)c1ccc(N)cc1. The second kappa shape index (κ2) is 5.53. The first-order valence-corrected chi connectivity index (χ1v) is 5.61. The molecule has 0 fully saturated rings. The molecule has 1 rings (SSSR count). The molecular formula is C13H18N2O3. The first-order valence-electron chi connectivity index (χ1n) is 5.61. The maximum Gasteiger partial charge on any atom is 0.338 e. The van der Waals surface area contributed by atoms with Crippen LogP contribution in [0.25, 0.3) is 0 Å². The Morgan fingerprint density at radius 3 is 2.28 bits per heavy atom. The van der Waals surface area contributed by atoms with Crippen LogP contribution in [0.1, 0.15) is 31.1 Å². The van der Waals surface area contributed by atoms with Crippen LogP contribution in [0.4, 0.5) is 5.69 Å². The van der Waals surface area contributed by atoms with Gasteiger partial charge in [-0.05, 0) is 45.0 Å². The third-order valence-electron chi connectivity index (χ3n) is 2.00. The molecule has 0 aliphatic heterocycles. The second-order valence-corrected chi connectivity index (χ2v) is 5.00. The summed E-state index contributed by atoms with van der Waals surface area (Å²) in [5.74, 6) is -0.870. The standard InChI is InChI=1S/C13H18N2O3/c1-13(2,3)15-11(16)8-18-12(17)9-4-6-10(14)7-5-9/h4-7H,8,14H2,1-3H3,(H,15,16). The maximum absolute atomic E-state index is 11.6. The minimum atomic E-state index is -0.543. The molecule has 0 unspecified atom stereocenters. The van der Waals surface area contributed by atoms with Gasteiger partial charge in [0.15, 0.2) is 6.61 Å². The number of ether oxygens (including phenoxy) is 1. The fraction of sp³-hybridized carbons (Fsp3) is 0.385. The molecule has 0 aliphatic carbocycles. The molecule has 0 saturated heterocycles. The first kappa shape index (κ1) is 14.0.